The Balaban J connectivity index is 2.19. The van der Waals surface area contributed by atoms with Crippen LogP contribution in [0, 0.1) is 5.92 Å². The molecule has 2 aliphatic rings. The second-order valence-electron chi connectivity index (χ2n) is 5.49. The number of Topliss-reactive ketones (excluding diaryl/α,β-unsaturated/α-hetero) is 1. The van der Waals surface area contributed by atoms with Gasteiger partial charge in [0.25, 0.3) is 0 Å². The molecule has 2 atom stereocenters. The number of carbonyl (C=O) groups is 2. The van der Waals surface area contributed by atoms with E-state index >= 15 is 0 Å². The fraction of sp³-hybridized carbons (Fsp3) is 0.467. The zero-order valence-electron chi connectivity index (χ0n) is 10.9. The maximum absolute atomic E-state index is 12.0. The van der Waals surface area contributed by atoms with E-state index in [2.05, 4.69) is 15.9 Å². The third-order valence-corrected chi connectivity index (χ3v) is 4.99. The van der Waals surface area contributed by atoms with E-state index in [0.29, 0.717) is 43.6 Å². The number of fused-ring (bicyclic) bond motifs is 3. The minimum Gasteiger partial charge on any atom is -0.493 e. The number of hydrogen-bond acceptors (Lipinski definition) is 3. The van der Waals surface area contributed by atoms with E-state index < -0.39 is 11.4 Å². The van der Waals surface area contributed by atoms with Crippen molar-refractivity contribution in [3.63, 3.8) is 0 Å². The normalized spacial score (nSPS) is 28.9. The number of carboxylic acids is 1. The molecule has 4 nitrogen and oxygen atoms in total. The highest BCUT2D eigenvalue weighted by Gasteiger charge is 2.52. The van der Waals surface area contributed by atoms with Crippen LogP contribution in [0.25, 0.3) is 0 Å². The lowest BCUT2D eigenvalue weighted by Crippen LogP contribution is -2.46. The van der Waals surface area contributed by atoms with Gasteiger partial charge < -0.3 is 9.84 Å². The van der Waals surface area contributed by atoms with Gasteiger partial charge in [-0.15, -0.1) is 0 Å². The topological polar surface area (TPSA) is 63.6 Å². The summed E-state index contributed by atoms with van der Waals surface area (Å²) in [6.07, 6.45) is 1.64. The minimum atomic E-state index is -0.986. The quantitative estimate of drug-likeness (QED) is 0.855. The van der Waals surface area contributed by atoms with Crippen LogP contribution in [0.15, 0.2) is 22.7 Å². The van der Waals surface area contributed by atoms with E-state index in [4.69, 9.17) is 4.74 Å². The lowest BCUT2D eigenvalue weighted by Gasteiger charge is -2.39. The number of ether oxygens (including phenoxy) is 1. The molecule has 0 bridgehead atoms. The maximum atomic E-state index is 12.0. The van der Waals surface area contributed by atoms with Crippen molar-refractivity contribution in [3.8, 4) is 5.75 Å². The SMILES string of the molecule is O=C1CC[C@@]2(C(=O)O)c3ccc(Br)cc3OCCC2C1. The van der Waals surface area contributed by atoms with Gasteiger partial charge in [-0.3, -0.25) is 9.59 Å². The Morgan fingerprint density at radius 3 is 3.00 bits per heavy atom. The first-order valence-corrected chi connectivity index (χ1v) is 7.51. The predicted octanol–water partition coefficient (Wildman–Crippen LogP) is 2.92. The fourth-order valence-corrected chi connectivity index (χ4v) is 3.83. The molecule has 1 saturated carbocycles. The van der Waals surface area contributed by atoms with Gasteiger partial charge in [0.2, 0.25) is 0 Å². The second-order valence-corrected chi connectivity index (χ2v) is 6.41. The summed E-state index contributed by atoms with van der Waals surface area (Å²) >= 11 is 3.39. The Kier molecular flexibility index (Phi) is 3.32. The molecule has 3 rings (SSSR count). The van der Waals surface area contributed by atoms with E-state index in [0.717, 1.165) is 4.47 Å². The molecule has 1 aromatic carbocycles. The van der Waals surface area contributed by atoms with Crippen molar-refractivity contribution >= 4 is 27.7 Å². The van der Waals surface area contributed by atoms with Gasteiger partial charge >= 0.3 is 5.97 Å². The zero-order valence-corrected chi connectivity index (χ0v) is 12.5. The van der Waals surface area contributed by atoms with Crippen LogP contribution in [0.4, 0.5) is 0 Å². The number of ketones is 1. The molecule has 0 amide bonds. The molecular weight excluding hydrogens is 324 g/mol. The maximum Gasteiger partial charge on any atom is 0.314 e. The van der Waals surface area contributed by atoms with E-state index in [-0.39, 0.29) is 11.7 Å². The number of carboxylic acid groups (broad SMARTS) is 1. The molecule has 1 aromatic rings. The lowest BCUT2D eigenvalue weighted by molar-refractivity contribution is -0.149. The summed E-state index contributed by atoms with van der Waals surface area (Å²) in [5.74, 6) is -0.237. The molecule has 0 radical (unpaired) electrons. The molecule has 1 aliphatic carbocycles. The highest BCUT2D eigenvalue weighted by Crippen LogP contribution is 2.49. The fourth-order valence-electron chi connectivity index (χ4n) is 3.49. The van der Waals surface area contributed by atoms with Gasteiger partial charge in [-0.05, 0) is 30.9 Å². The Morgan fingerprint density at radius 1 is 1.45 bits per heavy atom. The highest BCUT2D eigenvalue weighted by atomic mass is 79.9. The van der Waals surface area contributed by atoms with Crippen molar-refractivity contribution in [2.45, 2.75) is 31.1 Å². The highest BCUT2D eigenvalue weighted by molar-refractivity contribution is 9.10. The largest absolute Gasteiger partial charge is 0.493 e. The molecule has 5 heteroatoms. The molecule has 0 aromatic heterocycles. The van der Waals surface area contributed by atoms with E-state index in [1.165, 1.54) is 0 Å². The number of rotatable bonds is 1. The van der Waals surface area contributed by atoms with E-state index in [1.54, 1.807) is 0 Å². The Bertz CT molecular complexity index is 583. The van der Waals surface area contributed by atoms with Gasteiger partial charge in [0, 0.05) is 22.9 Å². The molecule has 20 heavy (non-hydrogen) atoms. The Hall–Kier alpha value is -1.36. The van der Waals surface area contributed by atoms with Crippen molar-refractivity contribution in [1.82, 2.24) is 0 Å². The Labute approximate surface area is 125 Å². The summed E-state index contributed by atoms with van der Waals surface area (Å²) < 4.78 is 6.59. The second kappa shape index (κ2) is 4.88. The van der Waals surface area contributed by atoms with Crippen molar-refractivity contribution in [3.05, 3.63) is 28.2 Å². The van der Waals surface area contributed by atoms with E-state index in [1.807, 2.05) is 18.2 Å². The van der Waals surface area contributed by atoms with Gasteiger partial charge in [-0.2, -0.15) is 0 Å². The first kappa shape index (κ1) is 13.6. The van der Waals surface area contributed by atoms with Crippen LogP contribution in [-0.2, 0) is 15.0 Å². The van der Waals surface area contributed by atoms with Gasteiger partial charge in [0.1, 0.15) is 16.9 Å². The smallest absolute Gasteiger partial charge is 0.314 e. The third kappa shape index (κ3) is 1.95. The molecule has 1 aliphatic heterocycles. The summed E-state index contributed by atoms with van der Waals surface area (Å²) in [4.78, 5) is 23.8. The summed E-state index contributed by atoms with van der Waals surface area (Å²) in [6.45, 7) is 0.455. The standard InChI is InChI=1S/C15H15BrO4/c16-10-1-2-12-13(8-10)20-6-4-9-7-11(17)3-5-15(9,12)14(18)19/h1-2,8-9H,3-7H2,(H,18,19)/t9?,15-/m0/s1. The van der Waals surface area contributed by atoms with Crippen LogP contribution in [0.5, 0.6) is 5.75 Å². The first-order chi connectivity index (χ1) is 9.54. The summed E-state index contributed by atoms with van der Waals surface area (Å²) in [6, 6.07) is 5.48. The zero-order chi connectivity index (χ0) is 14.3. The van der Waals surface area contributed by atoms with Crippen LogP contribution in [0.3, 0.4) is 0 Å². The summed E-state index contributed by atoms with van der Waals surface area (Å²) in [7, 11) is 0. The third-order valence-electron chi connectivity index (χ3n) is 4.50. The number of halogens is 1. The van der Waals surface area contributed by atoms with Gasteiger partial charge in [0.05, 0.1) is 6.61 Å². The van der Waals surface area contributed by atoms with Crippen LogP contribution in [0.2, 0.25) is 0 Å². The molecule has 106 valence electrons. The van der Waals surface area contributed by atoms with Crippen molar-refractivity contribution in [2.24, 2.45) is 5.92 Å². The lowest BCUT2D eigenvalue weighted by atomic mass is 9.61. The molecule has 0 saturated heterocycles. The first-order valence-electron chi connectivity index (χ1n) is 6.72. The molecule has 1 heterocycles. The van der Waals surface area contributed by atoms with Crippen molar-refractivity contribution in [2.75, 3.05) is 6.61 Å². The van der Waals surface area contributed by atoms with Crippen LogP contribution in [-0.4, -0.2) is 23.5 Å². The molecule has 0 spiro atoms. The molecule has 1 unspecified atom stereocenters. The number of carbonyl (C=O) groups excluding carboxylic acids is 1. The molecular formula is C15H15BrO4. The average molecular weight is 339 g/mol. The summed E-state index contributed by atoms with van der Waals surface area (Å²) in [5, 5.41) is 9.87. The average Bonchev–Trinajstić information content (AvgIpc) is 2.55. The Morgan fingerprint density at radius 2 is 2.25 bits per heavy atom. The minimum absolute atomic E-state index is 0.160. The predicted molar refractivity (Wildman–Crippen MR) is 75.9 cm³/mol. The van der Waals surface area contributed by atoms with E-state index in [9.17, 15) is 14.7 Å². The number of aliphatic carboxylic acids is 1. The van der Waals surface area contributed by atoms with Crippen LogP contribution < -0.4 is 4.74 Å². The molecule has 1 N–H and O–H groups in total. The monoisotopic (exact) mass is 338 g/mol. The van der Waals surface area contributed by atoms with Crippen LogP contribution >= 0.6 is 15.9 Å². The summed E-state index contributed by atoms with van der Waals surface area (Å²) in [5.41, 5.74) is -0.274. The van der Waals surface area contributed by atoms with Gasteiger partial charge in [0.15, 0.2) is 0 Å². The number of hydrogen-bond donors (Lipinski definition) is 1. The van der Waals surface area contributed by atoms with Crippen molar-refractivity contribution < 1.29 is 19.4 Å². The van der Waals surface area contributed by atoms with Crippen molar-refractivity contribution in [1.29, 1.82) is 0 Å². The van der Waals surface area contributed by atoms with Gasteiger partial charge in [-0.1, -0.05) is 22.0 Å². The van der Waals surface area contributed by atoms with Gasteiger partial charge in [-0.25, -0.2) is 0 Å². The number of benzene rings is 1. The molecule has 1 fully saturated rings. The van der Waals surface area contributed by atoms with Crippen LogP contribution in [0.1, 0.15) is 31.2 Å².